The van der Waals surface area contributed by atoms with Crippen LogP contribution in [0.5, 0.6) is 23.0 Å². The highest BCUT2D eigenvalue weighted by molar-refractivity contribution is 7.13. The van der Waals surface area contributed by atoms with E-state index in [1.165, 1.54) is 5.56 Å². The van der Waals surface area contributed by atoms with E-state index in [0.717, 1.165) is 46.3 Å². The Kier molecular flexibility index (Phi) is 4.48. The van der Waals surface area contributed by atoms with Crippen molar-refractivity contribution in [3.05, 3.63) is 65.8 Å². The van der Waals surface area contributed by atoms with Gasteiger partial charge in [-0.25, -0.2) is 4.98 Å². The number of ether oxygens (including phenoxy) is 3. The first kappa shape index (κ1) is 17.8. The van der Waals surface area contributed by atoms with Crippen LogP contribution < -0.4 is 14.2 Å². The van der Waals surface area contributed by atoms with Crippen LogP contribution in [0, 0.1) is 0 Å². The summed E-state index contributed by atoms with van der Waals surface area (Å²) in [5.74, 6) is 2.84. The summed E-state index contributed by atoms with van der Waals surface area (Å²) in [5, 5.41) is 2.08. The van der Waals surface area contributed by atoms with Crippen LogP contribution in [0.1, 0.15) is 5.56 Å². The van der Waals surface area contributed by atoms with E-state index in [1.807, 2.05) is 30.6 Å². The highest BCUT2D eigenvalue weighted by Crippen LogP contribution is 2.44. The van der Waals surface area contributed by atoms with Crippen molar-refractivity contribution in [1.29, 1.82) is 0 Å². The lowest BCUT2D eigenvalue weighted by Gasteiger charge is -2.22. The van der Waals surface area contributed by atoms with Gasteiger partial charge in [0, 0.05) is 18.2 Å². The summed E-state index contributed by atoms with van der Waals surface area (Å²) in [6, 6.07) is 15.9. The smallest absolute Gasteiger partial charge is 0.169 e. The Morgan fingerprint density at radius 1 is 0.966 bits per heavy atom. The second-order valence-corrected chi connectivity index (χ2v) is 7.75. The second-order valence-electron chi connectivity index (χ2n) is 6.80. The Hall–Kier alpha value is -3.25. The van der Waals surface area contributed by atoms with Gasteiger partial charge >= 0.3 is 0 Å². The summed E-state index contributed by atoms with van der Waals surface area (Å²) in [4.78, 5) is 5.87. The van der Waals surface area contributed by atoms with Crippen molar-refractivity contribution in [3.63, 3.8) is 0 Å². The molecule has 2 aromatic heterocycles. The van der Waals surface area contributed by atoms with Crippen LogP contribution in [0.25, 0.3) is 21.8 Å². The standard InChI is InChI=1S/C23H20N2O3S/c1-26-16-5-3-6-17(12-16)28-20-13-18-15(11-19(20)27-2)8-9-25-14-24-22(23(18)25)21-7-4-10-29-21/h3-7,10-14H,8-9H2,1-2H3. The fourth-order valence-electron chi connectivity index (χ4n) is 3.73. The third-order valence-electron chi connectivity index (χ3n) is 5.13. The number of rotatable bonds is 5. The molecule has 3 heterocycles. The molecule has 0 spiro atoms. The van der Waals surface area contributed by atoms with Gasteiger partial charge in [0.25, 0.3) is 0 Å². The van der Waals surface area contributed by atoms with Crippen LogP contribution in [0.15, 0.2) is 60.2 Å². The molecule has 0 saturated heterocycles. The summed E-state index contributed by atoms with van der Waals surface area (Å²) < 4.78 is 19.4. The minimum Gasteiger partial charge on any atom is -0.497 e. The average molecular weight is 404 g/mol. The molecule has 0 saturated carbocycles. The fraction of sp³-hybridized carbons (Fsp3) is 0.174. The predicted molar refractivity (Wildman–Crippen MR) is 114 cm³/mol. The van der Waals surface area contributed by atoms with Gasteiger partial charge < -0.3 is 18.8 Å². The molecular weight excluding hydrogens is 384 g/mol. The largest absolute Gasteiger partial charge is 0.497 e. The van der Waals surface area contributed by atoms with Crippen LogP contribution >= 0.6 is 11.3 Å². The van der Waals surface area contributed by atoms with Crippen LogP contribution in [0.4, 0.5) is 0 Å². The van der Waals surface area contributed by atoms with Crippen molar-refractivity contribution in [2.45, 2.75) is 13.0 Å². The molecule has 0 atom stereocenters. The molecule has 1 aliphatic heterocycles. The highest BCUT2D eigenvalue weighted by atomic mass is 32.1. The normalized spacial score (nSPS) is 12.2. The highest BCUT2D eigenvalue weighted by Gasteiger charge is 2.24. The van der Waals surface area contributed by atoms with Crippen molar-refractivity contribution in [1.82, 2.24) is 9.55 Å². The lowest BCUT2D eigenvalue weighted by molar-refractivity contribution is 0.375. The number of aryl methyl sites for hydroxylation is 2. The fourth-order valence-corrected chi connectivity index (χ4v) is 4.45. The number of hydrogen-bond acceptors (Lipinski definition) is 5. The van der Waals surface area contributed by atoms with E-state index >= 15 is 0 Å². The second kappa shape index (κ2) is 7.29. The molecular formula is C23H20N2O3S. The molecule has 0 N–H and O–H groups in total. The SMILES string of the molecule is COc1cccc(Oc2cc3c(cc2OC)CCn2cnc(-c4cccs4)c2-3)c1. The van der Waals surface area contributed by atoms with Gasteiger partial charge in [-0.15, -0.1) is 11.3 Å². The van der Waals surface area contributed by atoms with Gasteiger partial charge in [-0.2, -0.15) is 0 Å². The molecule has 1 aliphatic rings. The predicted octanol–water partition coefficient (Wildman–Crippen LogP) is 5.64. The van der Waals surface area contributed by atoms with Gasteiger partial charge in [-0.3, -0.25) is 0 Å². The Balaban J connectivity index is 1.62. The van der Waals surface area contributed by atoms with Crippen LogP contribution in [-0.2, 0) is 13.0 Å². The topological polar surface area (TPSA) is 45.5 Å². The van der Waals surface area contributed by atoms with Gasteiger partial charge in [-0.1, -0.05) is 12.1 Å². The Labute approximate surface area is 173 Å². The molecule has 0 amide bonds. The van der Waals surface area contributed by atoms with Gasteiger partial charge in [0.2, 0.25) is 0 Å². The van der Waals surface area contributed by atoms with E-state index in [9.17, 15) is 0 Å². The summed E-state index contributed by atoms with van der Waals surface area (Å²) in [7, 11) is 3.32. The van der Waals surface area contributed by atoms with Gasteiger partial charge in [0.05, 0.1) is 31.1 Å². The zero-order chi connectivity index (χ0) is 19.8. The molecule has 0 radical (unpaired) electrons. The molecule has 29 heavy (non-hydrogen) atoms. The number of aromatic nitrogens is 2. The van der Waals surface area contributed by atoms with Gasteiger partial charge in [0.1, 0.15) is 17.2 Å². The van der Waals surface area contributed by atoms with Crippen molar-refractivity contribution >= 4 is 11.3 Å². The Bertz CT molecular complexity index is 1170. The summed E-state index contributed by atoms with van der Waals surface area (Å²) in [6.45, 7) is 0.903. The van der Waals surface area contributed by atoms with E-state index < -0.39 is 0 Å². The summed E-state index contributed by atoms with van der Waals surface area (Å²) in [5.41, 5.74) is 4.52. The molecule has 0 bridgehead atoms. The zero-order valence-electron chi connectivity index (χ0n) is 16.2. The first-order valence-electron chi connectivity index (χ1n) is 9.39. The molecule has 0 unspecified atom stereocenters. The maximum atomic E-state index is 6.20. The van der Waals surface area contributed by atoms with E-state index in [2.05, 4.69) is 34.2 Å². The number of imidazole rings is 1. The molecule has 0 aliphatic carbocycles. The minimum atomic E-state index is 0.672. The van der Waals surface area contributed by atoms with Crippen molar-refractivity contribution in [2.75, 3.05) is 14.2 Å². The number of thiophene rings is 1. The van der Waals surface area contributed by atoms with Crippen LogP contribution in [0.3, 0.4) is 0 Å². The molecule has 146 valence electrons. The van der Waals surface area contributed by atoms with Crippen LogP contribution in [-0.4, -0.2) is 23.8 Å². The molecule has 6 heteroatoms. The molecule has 5 nitrogen and oxygen atoms in total. The van der Waals surface area contributed by atoms with Crippen LogP contribution in [0.2, 0.25) is 0 Å². The lowest BCUT2D eigenvalue weighted by Crippen LogP contribution is -2.10. The maximum Gasteiger partial charge on any atom is 0.169 e. The quantitative estimate of drug-likeness (QED) is 0.432. The zero-order valence-corrected chi connectivity index (χ0v) is 17.0. The first-order valence-corrected chi connectivity index (χ1v) is 10.3. The van der Waals surface area contributed by atoms with Gasteiger partial charge in [-0.05, 0) is 47.7 Å². The molecule has 0 fully saturated rings. The van der Waals surface area contributed by atoms with Crippen molar-refractivity contribution < 1.29 is 14.2 Å². The summed E-state index contributed by atoms with van der Waals surface area (Å²) >= 11 is 1.70. The number of fused-ring (bicyclic) bond motifs is 3. The molecule has 4 aromatic rings. The Morgan fingerprint density at radius 2 is 1.86 bits per heavy atom. The average Bonchev–Trinajstić information content (AvgIpc) is 3.43. The van der Waals surface area contributed by atoms with Gasteiger partial charge in [0.15, 0.2) is 11.5 Å². The molecule has 2 aromatic carbocycles. The molecule has 5 rings (SSSR count). The first-order chi connectivity index (χ1) is 14.3. The van der Waals surface area contributed by atoms with E-state index in [1.54, 1.807) is 25.6 Å². The van der Waals surface area contributed by atoms with E-state index in [0.29, 0.717) is 11.5 Å². The van der Waals surface area contributed by atoms with E-state index in [4.69, 9.17) is 19.2 Å². The Morgan fingerprint density at radius 3 is 2.66 bits per heavy atom. The third-order valence-corrected chi connectivity index (χ3v) is 6.00. The number of methoxy groups -OCH3 is 2. The summed E-state index contributed by atoms with van der Waals surface area (Å²) in [6.07, 6.45) is 2.86. The van der Waals surface area contributed by atoms with E-state index in [-0.39, 0.29) is 0 Å². The number of hydrogen-bond donors (Lipinski definition) is 0. The lowest BCUT2D eigenvalue weighted by atomic mass is 9.96. The number of benzene rings is 2. The minimum absolute atomic E-state index is 0.672. The maximum absolute atomic E-state index is 6.20. The van der Waals surface area contributed by atoms with Crippen molar-refractivity contribution in [2.24, 2.45) is 0 Å². The monoisotopic (exact) mass is 404 g/mol. The van der Waals surface area contributed by atoms with Crippen molar-refractivity contribution in [3.8, 4) is 44.8 Å². The number of nitrogens with zero attached hydrogens (tertiary/aromatic N) is 2. The third kappa shape index (κ3) is 3.15.